The fraction of sp³-hybridized carbons (Fsp3) is 0.0690. The van der Waals surface area contributed by atoms with Gasteiger partial charge in [0.05, 0.1) is 29.4 Å². The summed E-state index contributed by atoms with van der Waals surface area (Å²) in [4.78, 5) is 13.3. The molecule has 0 aliphatic rings. The smallest absolute Gasteiger partial charge is 0.233 e. The molecule has 0 saturated heterocycles. The number of aliphatic hydroxyl groups excluding tert-OH is 1. The van der Waals surface area contributed by atoms with Crippen LogP contribution in [0.25, 0.3) is 0 Å². The van der Waals surface area contributed by atoms with Gasteiger partial charge in [0.1, 0.15) is 0 Å². The number of hydrogen-bond donors (Lipinski definition) is 4. The van der Waals surface area contributed by atoms with Crippen molar-refractivity contribution in [3.8, 4) is 0 Å². The van der Waals surface area contributed by atoms with Gasteiger partial charge in [0, 0.05) is 17.9 Å². The normalized spacial score (nSPS) is 11.1. The highest BCUT2D eigenvalue weighted by Gasteiger charge is 2.08. The molecular weight excluding hydrogens is 504 g/mol. The number of aromatic nitrogens is 3. The van der Waals surface area contributed by atoms with Gasteiger partial charge in [0.2, 0.25) is 17.8 Å². The van der Waals surface area contributed by atoms with Crippen molar-refractivity contribution in [1.29, 1.82) is 0 Å². The van der Waals surface area contributed by atoms with Crippen LogP contribution in [0.15, 0.2) is 130 Å². The van der Waals surface area contributed by atoms with Crippen LogP contribution >= 0.6 is 0 Å². The van der Waals surface area contributed by atoms with Crippen LogP contribution in [0.5, 0.6) is 0 Å². The third-order valence-corrected chi connectivity index (χ3v) is 5.35. The van der Waals surface area contributed by atoms with Crippen molar-refractivity contribution in [2.24, 2.45) is 20.5 Å². The topological polar surface area (TPSA) is 144 Å². The molecule has 0 fully saturated rings. The molecule has 0 radical (unpaired) electrons. The molecule has 0 bridgehead atoms. The quantitative estimate of drug-likeness (QED) is 0.129. The molecule has 0 amide bonds. The third kappa shape index (κ3) is 7.73. The first kappa shape index (κ1) is 26.1. The molecule has 0 saturated carbocycles. The van der Waals surface area contributed by atoms with Gasteiger partial charge >= 0.3 is 0 Å². The maximum atomic E-state index is 9.22. The molecule has 5 aromatic rings. The van der Waals surface area contributed by atoms with Gasteiger partial charge in [0.15, 0.2) is 0 Å². The highest BCUT2D eigenvalue weighted by Crippen LogP contribution is 2.24. The maximum absolute atomic E-state index is 9.22. The van der Waals surface area contributed by atoms with Crippen molar-refractivity contribution in [3.05, 3.63) is 109 Å². The van der Waals surface area contributed by atoms with Crippen LogP contribution in [-0.2, 0) is 0 Å². The number of benzene rings is 4. The van der Waals surface area contributed by atoms with E-state index in [1.165, 1.54) is 0 Å². The zero-order valence-electron chi connectivity index (χ0n) is 21.4. The van der Waals surface area contributed by atoms with Gasteiger partial charge in [-0.05, 0) is 72.8 Å². The van der Waals surface area contributed by atoms with E-state index in [-0.39, 0.29) is 6.61 Å². The Bertz CT molecular complexity index is 1450. The first-order valence-corrected chi connectivity index (χ1v) is 12.5. The Kier molecular flexibility index (Phi) is 8.67. The van der Waals surface area contributed by atoms with Crippen molar-refractivity contribution in [2.75, 3.05) is 29.1 Å². The predicted octanol–water partition coefficient (Wildman–Crippen LogP) is 7.59. The second kappa shape index (κ2) is 13.3. The van der Waals surface area contributed by atoms with Crippen LogP contribution in [0, 0.1) is 0 Å². The lowest BCUT2D eigenvalue weighted by Crippen LogP contribution is -2.12. The molecule has 11 nitrogen and oxygen atoms in total. The lowest BCUT2D eigenvalue weighted by Gasteiger charge is -2.11. The summed E-state index contributed by atoms with van der Waals surface area (Å²) in [6.07, 6.45) is 0. The van der Waals surface area contributed by atoms with Crippen LogP contribution in [0.3, 0.4) is 0 Å². The van der Waals surface area contributed by atoms with Crippen LogP contribution in [0.2, 0.25) is 0 Å². The predicted molar refractivity (Wildman–Crippen MR) is 156 cm³/mol. The van der Waals surface area contributed by atoms with Gasteiger partial charge < -0.3 is 21.1 Å². The zero-order valence-corrected chi connectivity index (χ0v) is 21.4. The second-order valence-electron chi connectivity index (χ2n) is 8.37. The highest BCUT2D eigenvalue weighted by molar-refractivity contribution is 5.61. The fourth-order valence-electron chi connectivity index (χ4n) is 3.44. The Balaban J connectivity index is 1.27. The van der Waals surface area contributed by atoms with Crippen LogP contribution in [0.1, 0.15) is 0 Å². The average molecular weight is 531 g/mol. The molecule has 0 unspecified atom stereocenters. The summed E-state index contributed by atoms with van der Waals surface area (Å²) < 4.78 is 0. The van der Waals surface area contributed by atoms with Crippen molar-refractivity contribution in [1.82, 2.24) is 15.0 Å². The van der Waals surface area contributed by atoms with Gasteiger partial charge in [-0.25, -0.2) is 0 Å². The molecule has 40 heavy (non-hydrogen) atoms. The number of azo groups is 2. The first-order chi connectivity index (χ1) is 19.7. The molecule has 4 N–H and O–H groups in total. The van der Waals surface area contributed by atoms with Gasteiger partial charge in [-0.15, -0.1) is 0 Å². The number of rotatable bonds is 11. The summed E-state index contributed by atoms with van der Waals surface area (Å²) in [6, 6.07) is 33.9. The van der Waals surface area contributed by atoms with Crippen molar-refractivity contribution in [2.45, 2.75) is 0 Å². The van der Waals surface area contributed by atoms with Crippen molar-refractivity contribution >= 4 is 52.0 Å². The lowest BCUT2D eigenvalue weighted by atomic mass is 10.3. The summed E-state index contributed by atoms with van der Waals surface area (Å²) in [5, 5.41) is 35.6. The number of hydrogen-bond acceptors (Lipinski definition) is 11. The SMILES string of the molecule is OCCNc1nc(Nc2ccc(N=Nc3ccccc3)cc2)nc(Nc2ccc(N=Nc3ccccc3)cc2)n1. The Labute approximate surface area is 230 Å². The van der Waals surface area contributed by atoms with Gasteiger partial charge in [-0.2, -0.15) is 35.4 Å². The van der Waals surface area contributed by atoms with E-state index in [4.69, 9.17) is 0 Å². The van der Waals surface area contributed by atoms with E-state index >= 15 is 0 Å². The van der Waals surface area contributed by atoms with Gasteiger partial charge in [0.25, 0.3) is 0 Å². The van der Waals surface area contributed by atoms with Crippen molar-refractivity contribution in [3.63, 3.8) is 0 Å². The van der Waals surface area contributed by atoms with E-state index in [9.17, 15) is 5.11 Å². The molecule has 198 valence electrons. The molecule has 11 heteroatoms. The molecule has 1 aromatic heterocycles. The summed E-state index contributed by atoms with van der Waals surface area (Å²) >= 11 is 0. The summed E-state index contributed by atoms with van der Waals surface area (Å²) in [5.41, 5.74) is 4.51. The molecule has 5 rings (SSSR count). The average Bonchev–Trinajstić information content (AvgIpc) is 3.00. The van der Waals surface area contributed by atoms with Crippen LogP contribution < -0.4 is 16.0 Å². The lowest BCUT2D eigenvalue weighted by molar-refractivity contribution is 0.311. The van der Waals surface area contributed by atoms with Crippen LogP contribution in [-0.4, -0.2) is 33.2 Å². The van der Waals surface area contributed by atoms with E-state index < -0.39 is 0 Å². The van der Waals surface area contributed by atoms with Gasteiger partial charge in [-0.1, -0.05) is 36.4 Å². The van der Waals surface area contributed by atoms with E-state index in [1.807, 2.05) is 109 Å². The number of anilines is 5. The van der Waals surface area contributed by atoms with E-state index in [0.717, 1.165) is 22.7 Å². The second-order valence-corrected chi connectivity index (χ2v) is 8.37. The largest absolute Gasteiger partial charge is 0.395 e. The number of nitrogens with one attached hydrogen (secondary N) is 3. The minimum absolute atomic E-state index is 0.0603. The number of aliphatic hydroxyl groups is 1. The molecule has 4 aromatic carbocycles. The molecule has 0 spiro atoms. The molecular formula is C29H26N10O. The summed E-state index contributed by atoms with van der Waals surface area (Å²) in [6.45, 7) is 0.236. The first-order valence-electron chi connectivity index (χ1n) is 12.5. The molecule has 0 aliphatic carbocycles. The summed E-state index contributed by atoms with van der Waals surface area (Å²) in [7, 11) is 0. The highest BCUT2D eigenvalue weighted by atomic mass is 16.3. The monoisotopic (exact) mass is 530 g/mol. The molecule has 0 aliphatic heterocycles. The fourth-order valence-corrected chi connectivity index (χ4v) is 3.44. The Morgan fingerprint density at radius 1 is 0.475 bits per heavy atom. The van der Waals surface area contributed by atoms with E-state index in [0.29, 0.717) is 35.8 Å². The van der Waals surface area contributed by atoms with E-state index in [1.54, 1.807) is 0 Å². The van der Waals surface area contributed by atoms with E-state index in [2.05, 4.69) is 51.4 Å². The molecule has 1 heterocycles. The zero-order chi connectivity index (χ0) is 27.4. The Hall–Kier alpha value is -5.55. The number of nitrogens with zero attached hydrogens (tertiary/aromatic N) is 7. The maximum Gasteiger partial charge on any atom is 0.233 e. The third-order valence-electron chi connectivity index (χ3n) is 5.35. The van der Waals surface area contributed by atoms with Crippen molar-refractivity contribution < 1.29 is 5.11 Å². The minimum Gasteiger partial charge on any atom is -0.395 e. The standard InChI is InChI=1S/C29H26N10O/c40-20-19-30-27-33-28(31-21-11-15-25(16-12-21)38-36-23-7-3-1-4-8-23)35-29(34-27)32-22-13-17-26(18-14-22)39-37-24-9-5-2-6-10-24/h1-18,40H,19-20H2,(H3,30,31,32,33,34,35). The Morgan fingerprint density at radius 2 is 0.850 bits per heavy atom. The summed E-state index contributed by atoms with van der Waals surface area (Å²) in [5.74, 6) is 0.963. The Morgan fingerprint density at radius 3 is 1.25 bits per heavy atom. The van der Waals surface area contributed by atoms with Gasteiger partial charge in [-0.3, -0.25) is 0 Å². The van der Waals surface area contributed by atoms with Crippen LogP contribution in [0.4, 0.5) is 52.0 Å². The molecule has 0 atom stereocenters. The minimum atomic E-state index is -0.0603.